The van der Waals surface area contributed by atoms with Crippen molar-refractivity contribution in [3.63, 3.8) is 0 Å². The number of aliphatic imine (C=N–C) groups is 1. The van der Waals surface area contributed by atoms with Crippen LogP contribution in [0.3, 0.4) is 0 Å². The molecule has 2 N–H and O–H groups in total. The van der Waals surface area contributed by atoms with Gasteiger partial charge in [0, 0.05) is 25.2 Å². The molecule has 2 aromatic rings. The van der Waals surface area contributed by atoms with Gasteiger partial charge in [0.05, 0.1) is 13.1 Å². The van der Waals surface area contributed by atoms with Crippen molar-refractivity contribution in [1.82, 2.24) is 25.4 Å². The molecule has 0 radical (unpaired) electrons. The standard InChI is InChI=1S/C19H26F2N6O3/c1-4-5-6-22-19(24-10-17-26-25-12(2)27(17)3)23-9-13-7-15-16(29-11-28-15)8-14(13)30-18(20)21/h7-8,18H,4-6,9-11H2,1-3H3,(H2,22,23,24). The number of nitrogens with zero attached hydrogens (tertiary/aromatic N) is 4. The summed E-state index contributed by atoms with van der Waals surface area (Å²) in [7, 11) is 1.88. The number of unbranched alkanes of at least 4 members (excludes halogenated alkanes) is 1. The predicted molar refractivity (Wildman–Crippen MR) is 106 cm³/mol. The van der Waals surface area contributed by atoms with E-state index in [1.54, 1.807) is 6.07 Å². The molecular formula is C19H26F2N6O3. The number of aromatic nitrogens is 3. The number of aryl methyl sites for hydroxylation is 1. The Morgan fingerprint density at radius 1 is 1.27 bits per heavy atom. The molecule has 0 atom stereocenters. The second-order valence-corrected chi connectivity index (χ2v) is 6.71. The maximum atomic E-state index is 12.8. The van der Waals surface area contributed by atoms with Gasteiger partial charge in [-0.25, -0.2) is 4.99 Å². The topological polar surface area (TPSA) is 94.8 Å². The molecular weight excluding hydrogens is 398 g/mol. The van der Waals surface area contributed by atoms with E-state index in [0.29, 0.717) is 29.6 Å². The highest BCUT2D eigenvalue weighted by molar-refractivity contribution is 5.79. The van der Waals surface area contributed by atoms with Crippen LogP contribution in [0.25, 0.3) is 0 Å². The molecule has 1 aromatic heterocycles. The van der Waals surface area contributed by atoms with Gasteiger partial charge in [-0.1, -0.05) is 13.3 Å². The average molecular weight is 424 g/mol. The second kappa shape index (κ2) is 10.1. The molecule has 164 valence electrons. The molecule has 0 saturated heterocycles. The molecule has 0 bridgehead atoms. The Morgan fingerprint density at radius 3 is 2.70 bits per heavy atom. The average Bonchev–Trinajstić information content (AvgIpc) is 3.29. The van der Waals surface area contributed by atoms with Gasteiger partial charge < -0.3 is 29.4 Å². The summed E-state index contributed by atoms with van der Waals surface area (Å²) in [4.78, 5) is 4.53. The van der Waals surface area contributed by atoms with Gasteiger partial charge in [0.1, 0.15) is 11.6 Å². The zero-order valence-corrected chi connectivity index (χ0v) is 17.2. The minimum Gasteiger partial charge on any atom is -0.454 e. The maximum Gasteiger partial charge on any atom is 0.387 e. The number of nitrogens with one attached hydrogen (secondary N) is 2. The van der Waals surface area contributed by atoms with Crippen LogP contribution in [0.5, 0.6) is 17.2 Å². The zero-order valence-electron chi connectivity index (χ0n) is 17.2. The number of rotatable bonds is 9. The zero-order chi connectivity index (χ0) is 21.5. The van der Waals surface area contributed by atoms with Crippen LogP contribution < -0.4 is 24.8 Å². The molecule has 3 rings (SSSR count). The summed E-state index contributed by atoms with van der Waals surface area (Å²) in [5.41, 5.74) is 0.464. The molecule has 1 aliphatic rings. The highest BCUT2D eigenvalue weighted by Gasteiger charge is 2.20. The summed E-state index contributed by atoms with van der Waals surface area (Å²) >= 11 is 0. The van der Waals surface area contributed by atoms with Crippen molar-refractivity contribution < 1.29 is 23.0 Å². The van der Waals surface area contributed by atoms with Crippen LogP contribution in [-0.4, -0.2) is 40.7 Å². The lowest BCUT2D eigenvalue weighted by atomic mass is 10.1. The van der Waals surface area contributed by atoms with Crippen LogP contribution >= 0.6 is 0 Å². The summed E-state index contributed by atoms with van der Waals surface area (Å²) < 4.78 is 42.8. The molecule has 0 saturated carbocycles. The SMILES string of the molecule is CCCCNC(=NCc1cc2c(cc1OC(F)F)OCO2)NCc1nnc(C)n1C. The number of ether oxygens (including phenoxy) is 3. The van der Waals surface area contributed by atoms with Gasteiger partial charge in [-0.2, -0.15) is 8.78 Å². The Balaban J connectivity index is 1.76. The van der Waals surface area contributed by atoms with E-state index in [4.69, 9.17) is 9.47 Å². The Bertz CT molecular complexity index is 887. The quantitative estimate of drug-likeness (QED) is 0.363. The van der Waals surface area contributed by atoms with Gasteiger partial charge >= 0.3 is 6.61 Å². The first-order valence-corrected chi connectivity index (χ1v) is 9.72. The Morgan fingerprint density at radius 2 is 2.03 bits per heavy atom. The van der Waals surface area contributed by atoms with Crippen molar-refractivity contribution in [2.45, 2.75) is 46.4 Å². The highest BCUT2D eigenvalue weighted by atomic mass is 19.3. The Kier molecular flexibility index (Phi) is 7.26. The summed E-state index contributed by atoms with van der Waals surface area (Å²) in [5.74, 6) is 2.94. The van der Waals surface area contributed by atoms with Gasteiger partial charge in [-0.15, -0.1) is 10.2 Å². The van der Waals surface area contributed by atoms with E-state index in [9.17, 15) is 8.78 Å². The van der Waals surface area contributed by atoms with Crippen LogP contribution in [0.1, 0.15) is 37.0 Å². The monoisotopic (exact) mass is 424 g/mol. The van der Waals surface area contributed by atoms with E-state index in [1.165, 1.54) is 6.07 Å². The van der Waals surface area contributed by atoms with Gasteiger partial charge in [0.25, 0.3) is 0 Å². The summed E-state index contributed by atoms with van der Waals surface area (Å²) in [6, 6.07) is 3.01. The molecule has 0 amide bonds. The second-order valence-electron chi connectivity index (χ2n) is 6.71. The van der Waals surface area contributed by atoms with E-state index in [-0.39, 0.29) is 19.1 Å². The lowest BCUT2D eigenvalue weighted by Gasteiger charge is -2.14. The number of hydrogen-bond acceptors (Lipinski definition) is 6. The minimum absolute atomic E-state index is 0.00911. The van der Waals surface area contributed by atoms with Crippen LogP contribution in [0, 0.1) is 6.92 Å². The van der Waals surface area contributed by atoms with Gasteiger partial charge in [-0.05, 0) is 19.4 Å². The first-order chi connectivity index (χ1) is 14.5. The van der Waals surface area contributed by atoms with Crippen LogP contribution in [0.2, 0.25) is 0 Å². The van der Waals surface area contributed by atoms with E-state index >= 15 is 0 Å². The third-order valence-electron chi connectivity index (χ3n) is 4.60. The lowest BCUT2D eigenvalue weighted by molar-refractivity contribution is -0.0505. The fraction of sp³-hybridized carbons (Fsp3) is 0.526. The fourth-order valence-electron chi connectivity index (χ4n) is 2.78. The van der Waals surface area contributed by atoms with Gasteiger partial charge in [0.15, 0.2) is 23.3 Å². The van der Waals surface area contributed by atoms with E-state index < -0.39 is 6.61 Å². The molecule has 0 fully saturated rings. The van der Waals surface area contributed by atoms with Gasteiger partial charge in [-0.3, -0.25) is 0 Å². The predicted octanol–water partition coefficient (Wildman–Crippen LogP) is 2.49. The molecule has 2 heterocycles. The lowest BCUT2D eigenvalue weighted by Crippen LogP contribution is -2.38. The van der Waals surface area contributed by atoms with Crippen molar-refractivity contribution in [2.24, 2.45) is 12.0 Å². The smallest absolute Gasteiger partial charge is 0.387 e. The molecule has 1 aliphatic heterocycles. The molecule has 0 unspecified atom stereocenters. The molecule has 0 aliphatic carbocycles. The van der Waals surface area contributed by atoms with Crippen molar-refractivity contribution in [3.8, 4) is 17.2 Å². The largest absolute Gasteiger partial charge is 0.454 e. The van der Waals surface area contributed by atoms with Crippen molar-refractivity contribution in [2.75, 3.05) is 13.3 Å². The normalized spacial score (nSPS) is 13.1. The Hall–Kier alpha value is -3.11. The van der Waals surface area contributed by atoms with Crippen molar-refractivity contribution in [3.05, 3.63) is 29.3 Å². The third-order valence-corrected chi connectivity index (χ3v) is 4.60. The minimum atomic E-state index is -2.95. The molecule has 11 heteroatoms. The molecule has 9 nitrogen and oxygen atoms in total. The number of alkyl halides is 2. The maximum absolute atomic E-state index is 12.8. The summed E-state index contributed by atoms with van der Waals surface area (Å²) in [5, 5.41) is 14.6. The fourth-order valence-corrected chi connectivity index (χ4v) is 2.78. The van der Waals surface area contributed by atoms with Crippen LogP contribution in [-0.2, 0) is 20.1 Å². The first-order valence-electron chi connectivity index (χ1n) is 9.72. The Labute approximate surface area is 173 Å². The van der Waals surface area contributed by atoms with Crippen molar-refractivity contribution in [1.29, 1.82) is 0 Å². The number of benzene rings is 1. The van der Waals surface area contributed by atoms with E-state index in [0.717, 1.165) is 31.0 Å². The molecule has 30 heavy (non-hydrogen) atoms. The van der Waals surface area contributed by atoms with E-state index in [2.05, 4.69) is 37.5 Å². The summed E-state index contributed by atoms with van der Waals surface area (Å²) in [6.07, 6.45) is 1.99. The number of hydrogen-bond donors (Lipinski definition) is 2. The molecule has 0 spiro atoms. The van der Waals surface area contributed by atoms with Gasteiger partial charge in [0.2, 0.25) is 6.79 Å². The first kappa shape index (κ1) is 21.6. The number of guanidine groups is 1. The molecule has 1 aromatic carbocycles. The third kappa shape index (κ3) is 5.49. The summed E-state index contributed by atoms with van der Waals surface area (Å²) in [6.45, 7) is 2.30. The number of fused-ring (bicyclic) bond motifs is 1. The van der Waals surface area contributed by atoms with Crippen LogP contribution in [0.15, 0.2) is 17.1 Å². The van der Waals surface area contributed by atoms with E-state index in [1.807, 2.05) is 18.5 Å². The highest BCUT2D eigenvalue weighted by Crippen LogP contribution is 2.39. The van der Waals surface area contributed by atoms with Crippen molar-refractivity contribution >= 4 is 5.96 Å². The number of halogens is 2. The van der Waals surface area contributed by atoms with Crippen LogP contribution in [0.4, 0.5) is 8.78 Å².